The third-order valence-corrected chi connectivity index (χ3v) is 6.29. The van der Waals surface area contributed by atoms with Gasteiger partial charge in [-0.2, -0.15) is 0 Å². The van der Waals surface area contributed by atoms with Crippen LogP contribution in [0, 0.1) is 6.92 Å². The predicted octanol–water partition coefficient (Wildman–Crippen LogP) is 5.46. The highest BCUT2D eigenvalue weighted by atomic mass is 35.5. The molecule has 2 amide bonds. The van der Waals surface area contributed by atoms with Crippen molar-refractivity contribution in [1.82, 2.24) is 10.2 Å². The van der Waals surface area contributed by atoms with Gasteiger partial charge in [-0.3, -0.25) is 9.59 Å². The number of hydrogen-bond donors (Lipinski definition) is 1. The average molecular weight is 447 g/mol. The predicted molar refractivity (Wildman–Crippen MR) is 126 cm³/mol. The van der Waals surface area contributed by atoms with Crippen LogP contribution in [-0.4, -0.2) is 34.6 Å². The molecule has 0 aliphatic rings. The molecule has 0 aromatic heterocycles. The van der Waals surface area contributed by atoms with Gasteiger partial charge in [-0.15, -0.1) is 11.8 Å². The number of carbonyl (C=O) groups excluding carboxylic acids is 2. The molecule has 0 bridgehead atoms. The molecule has 0 spiro atoms. The summed E-state index contributed by atoms with van der Waals surface area (Å²) in [5.41, 5.74) is 2.13. The standard InChI is InChI=1S/C24H31ClN2O2S/c1-5-18(4)26-24(29)22(6-2)27(15-19-9-11-20(25)12-10-19)23(28)16-30-21-13-7-17(3)8-14-21/h7-14,18,22H,5-6,15-16H2,1-4H3,(H,26,29)/t18-,22+/m0/s1. The Balaban J connectivity index is 2.19. The summed E-state index contributed by atoms with van der Waals surface area (Å²) in [6, 6.07) is 15.1. The summed E-state index contributed by atoms with van der Waals surface area (Å²) in [5.74, 6) is 0.125. The van der Waals surface area contributed by atoms with E-state index in [0.717, 1.165) is 16.9 Å². The van der Waals surface area contributed by atoms with Crippen LogP contribution in [0.5, 0.6) is 0 Å². The van der Waals surface area contributed by atoms with Gasteiger partial charge in [0.1, 0.15) is 6.04 Å². The summed E-state index contributed by atoms with van der Waals surface area (Å²) in [6.45, 7) is 8.35. The number of amides is 2. The van der Waals surface area contributed by atoms with E-state index in [0.29, 0.717) is 18.0 Å². The summed E-state index contributed by atoms with van der Waals surface area (Å²) in [5, 5.41) is 3.68. The highest BCUT2D eigenvalue weighted by Crippen LogP contribution is 2.21. The lowest BCUT2D eigenvalue weighted by Gasteiger charge is -2.31. The van der Waals surface area contributed by atoms with E-state index in [4.69, 9.17) is 11.6 Å². The second-order valence-corrected chi connectivity index (χ2v) is 8.98. The van der Waals surface area contributed by atoms with Crippen molar-refractivity contribution >= 4 is 35.2 Å². The Bertz CT molecular complexity index is 824. The Morgan fingerprint density at radius 2 is 1.67 bits per heavy atom. The first-order valence-corrected chi connectivity index (χ1v) is 11.7. The van der Waals surface area contributed by atoms with E-state index >= 15 is 0 Å². The van der Waals surface area contributed by atoms with Crippen LogP contribution in [0.2, 0.25) is 5.02 Å². The zero-order valence-electron chi connectivity index (χ0n) is 18.2. The van der Waals surface area contributed by atoms with Gasteiger partial charge >= 0.3 is 0 Å². The SMILES string of the molecule is CC[C@H](C(=O)N[C@@H](C)CC)N(Cc1ccc(Cl)cc1)C(=O)CSc1ccc(C)cc1. The third-order valence-electron chi connectivity index (χ3n) is 5.04. The van der Waals surface area contributed by atoms with Gasteiger partial charge in [0, 0.05) is 22.5 Å². The van der Waals surface area contributed by atoms with Gasteiger partial charge in [0.2, 0.25) is 11.8 Å². The van der Waals surface area contributed by atoms with Crippen molar-refractivity contribution in [3.05, 3.63) is 64.7 Å². The van der Waals surface area contributed by atoms with E-state index in [1.54, 1.807) is 17.0 Å². The number of halogens is 1. The molecule has 0 heterocycles. The normalized spacial score (nSPS) is 12.8. The molecule has 2 aromatic carbocycles. The molecule has 0 unspecified atom stereocenters. The topological polar surface area (TPSA) is 49.4 Å². The minimum Gasteiger partial charge on any atom is -0.352 e. The first-order chi connectivity index (χ1) is 14.3. The van der Waals surface area contributed by atoms with Crippen molar-refractivity contribution in [2.75, 3.05) is 5.75 Å². The van der Waals surface area contributed by atoms with Gasteiger partial charge in [-0.05, 0) is 56.5 Å². The Morgan fingerprint density at radius 3 is 2.23 bits per heavy atom. The molecule has 1 N–H and O–H groups in total. The Labute approximate surface area is 189 Å². The third kappa shape index (κ3) is 7.37. The van der Waals surface area contributed by atoms with Crippen LogP contribution in [0.15, 0.2) is 53.4 Å². The molecule has 2 rings (SSSR count). The Morgan fingerprint density at radius 1 is 1.03 bits per heavy atom. The molecule has 6 heteroatoms. The number of carbonyl (C=O) groups is 2. The quantitative estimate of drug-likeness (QED) is 0.493. The van der Waals surface area contributed by atoms with E-state index in [9.17, 15) is 9.59 Å². The number of nitrogens with one attached hydrogen (secondary N) is 1. The molecule has 0 aliphatic heterocycles. The van der Waals surface area contributed by atoms with E-state index < -0.39 is 6.04 Å². The summed E-state index contributed by atoms with van der Waals surface area (Å²) in [7, 11) is 0. The van der Waals surface area contributed by atoms with Crippen LogP contribution >= 0.6 is 23.4 Å². The Hall–Kier alpha value is -1.98. The first kappa shape index (κ1) is 24.3. The van der Waals surface area contributed by atoms with Crippen molar-refractivity contribution in [3.63, 3.8) is 0 Å². The molecule has 0 radical (unpaired) electrons. The van der Waals surface area contributed by atoms with Crippen molar-refractivity contribution in [2.45, 2.75) is 64.1 Å². The largest absolute Gasteiger partial charge is 0.352 e. The summed E-state index contributed by atoms with van der Waals surface area (Å²) in [4.78, 5) is 28.9. The fourth-order valence-electron chi connectivity index (χ4n) is 3.01. The summed E-state index contributed by atoms with van der Waals surface area (Å²) in [6.07, 6.45) is 1.40. The zero-order valence-corrected chi connectivity index (χ0v) is 19.7. The van der Waals surface area contributed by atoms with Crippen molar-refractivity contribution in [2.24, 2.45) is 0 Å². The molecule has 2 aromatic rings. The van der Waals surface area contributed by atoms with E-state index in [-0.39, 0.29) is 23.6 Å². The maximum atomic E-state index is 13.2. The summed E-state index contributed by atoms with van der Waals surface area (Å²) < 4.78 is 0. The lowest BCUT2D eigenvalue weighted by Crippen LogP contribution is -2.51. The molecule has 0 saturated heterocycles. The fourth-order valence-corrected chi connectivity index (χ4v) is 3.92. The molecule has 162 valence electrons. The molecule has 0 saturated carbocycles. The maximum absolute atomic E-state index is 13.2. The van der Waals surface area contributed by atoms with Gasteiger partial charge in [-0.1, -0.05) is 55.3 Å². The van der Waals surface area contributed by atoms with Crippen LogP contribution in [0.3, 0.4) is 0 Å². The number of benzene rings is 2. The maximum Gasteiger partial charge on any atom is 0.243 e. The van der Waals surface area contributed by atoms with Crippen molar-refractivity contribution in [3.8, 4) is 0 Å². The fraction of sp³-hybridized carbons (Fsp3) is 0.417. The molecule has 2 atom stereocenters. The van der Waals surface area contributed by atoms with Crippen LogP contribution in [0.4, 0.5) is 0 Å². The second-order valence-electron chi connectivity index (χ2n) is 7.49. The van der Waals surface area contributed by atoms with E-state index in [1.807, 2.05) is 64.1 Å². The zero-order chi connectivity index (χ0) is 22.1. The number of hydrogen-bond acceptors (Lipinski definition) is 3. The number of rotatable bonds is 10. The van der Waals surface area contributed by atoms with E-state index in [1.165, 1.54) is 17.3 Å². The average Bonchev–Trinajstić information content (AvgIpc) is 2.74. The second kappa shape index (κ2) is 12.0. The lowest BCUT2D eigenvalue weighted by atomic mass is 10.1. The molecule has 0 aliphatic carbocycles. The van der Waals surface area contributed by atoms with Gasteiger partial charge in [0.15, 0.2) is 0 Å². The molecule has 30 heavy (non-hydrogen) atoms. The van der Waals surface area contributed by atoms with Crippen LogP contribution < -0.4 is 5.32 Å². The van der Waals surface area contributed by atoms with Gasteiger partial charge in [-0.25, -0.2) is 0 Å². The van der Waals surface area contributed by atoms with Crippen molar-refractivity contribution < 1.29 is 9.59 Å². The number of nitrogens with zero attached hydrogens (tertiary/aromatic N) is 1. The highest BCUT2D eigenvalue weighted by molar-refractivity contribution is 8.00. The number of thioether (sulfide) groups is 1. The van der Waals surface area contributed by atoms with Gasteiger partial charge in [0.05, 0.1) is 5.75 Å². The lowest BCUT2D eigenvalue weighted by molar-refractivity contribution is -0.139. The molecular weight excluding hydrogens is 416 g/mol. The highest BCUT2D eigenvalue weighted by Gasteiger charge is 2.29. The molecule has 0 fully saturated rings. The van der Waals surface area contributed by atoms with E-state index in [2.05, 4.69) is 5.32 Å². The minimum atomic E-state index is -0.513. The molecule has 4 nitrogen and oxygen atoms in total. The van der Waals surface area contributed by atoms with Crippen LogP contribution in [0.1, 0.15) is 44.7 Å². The van der Waals surface area contributed by atoms with Gasteiger partial charge in [0.25, 0.3) is 0 Å². The molecular formula is C24H31ClN2O2S. The smallest absolute Gasteiger partial charge is 0.243 e. The minimum absolute atomic E-state index is 0.0540. The summed E-state index contributed by atoms with van der Waals surface area (Å²) >= 11 is 7.50. The van der Waals surface area contributed by atoms with Gasteiger partial charge < -0.3 is 10.2 Å². The van der Waals surface area contributed by atoms with Crippen LogP contribution in [-0.2, 0) is 16.1 Å². The first-order valence-electron chi connectivity index (χ1n) is 10.4. The monoisotopic (exact) mass is 446 g/mol. The van der Waals surface area contributed by atoms with Crippen LogP contribution in [0.25, 0.3) is 0 Å². The Kier molecular flexibility index (Phi) is 9.73. The number of aryl methyl sites for hydroxylation is 1. The van der Waals surface area contributed by atoms with Crippen molar-refractivity contribution in [1.29, 1.82) is 0 Å².